The lowest BCUT2D eigenvalue weighted by atomic mass is 9.56. The second kappa shape index (κ2) is 9.74. The molecular formula is C25H22Br2Cl2N2O8. The highest BCUT2D eigenvalue weighted by molar-refractivity contribution is 9.10. The number of aliphatic carboxylic acids is 1. The normalized spacial score (nSPS) is 33.6. The summed E-state index contributed by atoms with van der Waals surface area (Å²) in [5.74, 6) is -7.65. The number of allylic oxidation sites excluding steroid dienone is 2. The number of rotatable bonds is 6. The van der Waals surface area contributed by atoms with E-state index in [9.17, 15) is 29.1 Å². The molecule has 0 radical (unpaired) electrons. The Morgan fingerprint density at radius 1 is 1.13 bits per heavy atom. The summed E-state index contributed by atoms with van der Waals surface area (Å²) in [5, 5.41) is 20.3. The van der Waals surface area contributed by atoms with Gasteiger partial charge in [-0.1, -0.05) is 43.5 Å². The van der Waals surface area contributed by atoms with E-state index in [1.165, 1.54) is 13.2 Å². The molecule has 2 aliphatic heterocycles. The highest BCUT2D eigenvalue weighted by atomic mass is 79.9. The fourth-order valence-corrected chi connectivity index (χ4v) is 8.43. The lowest BCUT2D eigenvalue weighted by molar-refractivity contribution is -0.143. The number of amides is 4. The molecule has 6 atom stereocenters. The summed E-state index contributed by atoms with van der Waals surface area (Å²) in [4.78, 5) is 63.1. The Kier molecular flexibility index (Phi) is 7.09. The van der Waals surface area contributed by atoms with Gasteiger partial charge in [-0.3, -0.25) is 33.8 Å². The van der Waals surface area contributed by atoms with E-state index in [-0.39, 0.29) is 41.9 Å². The van der Waals surface area contributed by atoms with Gasteiger partial charge in [0.05, 0.1) is 30.8 Å². The molecule has 3 fully saturated rings. The van der Waals surface area contributed by atoms with Crippen LogP contribution in [0.4, 0.5) is 0 Å². The van der Waals surface area contributed by atoms with E-state index in [2.05, 4.69) is 31.9 Å². The maximum absolute atomic E-state index is 13.8. The highest BCUT2D eigenvalue weighted by Gasteiger charge is 2.76. The van der Waals surface area contributed by atoms with Crippen LogP contribution in [0.25, 0.3) is 0 Å². The predicted molar refractivity (Wildman–Crippen MR) is 145 cm³/mol. The molecule has 6 unspecified atom stereocenters. The van der Waals surface area contributed by atoms with Crippen LogP contribution in [0.1, 0.15) is 30.7 Å². The van der Waals surface area contributed by atoms with Gasteiger partial charge in [-0.15, -0.1) is 23.2 Å². The van der Waals surface area contributed by atoms with Gasteiger partial charge in [-0.2, -0.15) is 0 Å². The van der Waals surface area contributed by atoms with E-state index in [0.717, 1.165) is 9.80 Å². The first-order valence-electron chi connectivity index (χ1n) is 12.0. The first kappa shape index (κ1) is 28.4. The molecule has 2 aliphatic carbocycles. The van der Waals surface area contributed by atoms with E-state index in [0.29, 0.717) is 10.0 Å². The maximum atomic E-state index is 13.8. The van der Waals surface area contributed by atoms with Crippen molar-refractivity contribution < 1.29 is 38.9 Å². The third kappa shape index (κ3) is 3.81. The highest BCUT2D eigenvalue weighted by Crippen LogP contribution is 2.66. The third-order valence-corrected chi connectivity index (χ3v) is 10.6. The summed E-state index contributed by atoms with van der Waals surface area (Å²) in [6.45, 7) is -0.282. The van der Waals surface area contributed by atoms with Crippen LogP contribution in [0.3, 0.4) is 0 Å². The zero-order valence-electron chi connectivity index (χ0n) is 20.3. The van der Waals surface area contributed by atoms with Gasteiger partial charge in [-0.25, -0.2) is 0 Å². The Labute approximate surface area is 249 Å². The van der Waals surface area contributed by atoms with Gasteiger partial charge in [0.25, 0.3) is 11.8 Å². The number of ether oxygens (including phenoxy) is 1. The quantitative estimate of drug-likeness (QED) is 0.199. The molecule has 208 valence electrons. The van der Waals surface area contributed by atoms with Crippen LogP contribution in [0.5, 0.6) is 11.5 Å². The molecule has 5 rings (SSSR count). The minimum atomic E-state index is -2.08. The Hall–Kier alpha value is -2.15. The van der Waals surface area contributed by atoms with Crippen molar-refractivity contribution in [1.29, 1.82) is 0 Å². The second-order valence-corrected chi connectivity index (χ2v) is 12.7. The summed E-state index contributed by atoms with van der Waals surface area (Å²) < 4.78 is 5.81. The van der Waals surface area contributed by atoms with Crippen LogP contribution < -0.4 is 4.74 Å². The number of hydrogen-bond donors (Lipinski definition) is 2. The van der Waals surface area contributed by atoms with Gasteiger partial charge >= 0.3 is 5.97 Å². The summed E-state index contributed by atoms with van der Waals surface area (Å²) in [7, 11) is 1.35. The molecule has 10 nitrogen and oxygen atoms in total. The van der Waals surface area contributed by atoms with Crippen molar-refractivity contribution >= 4 is 84.7 Å². The Morgan fingerprint density at radius 2 is 1.82 bits per heavy atom. The molecule has 4 aliphatic rings. The predicted octanol–water partition coefficient (Wildman–Crippen LogP) is 3.35. The van der Waals surface area contributed by atoms with E-state index < -0.39 is 69.4 Å². The van der Waals surface area contributed by atoms with Crippen LogP contribution in [0, 0.1) is 17.8 Å². The van der Waals surface area contributed by atoms with Crippen molar-refractivity contribution in [3.05, 3.63) is 33.8 Å². The molecule has 4 amide bonds. The molecule has 0 aromatic heterocycles. The average molecular weight is 709 g/mol. The fraction of sp³-hybridized carbons (Fsp3) is 0.480. The van der Waals surface area contributed by atoms with E-state index >= 15 is 0 Å². The summed E-state index contributed by atoms with van der Waals surface area (Å²) >= 11 is 20.8. The first-order chi connectivity index (χ1) is 18.3. The number of halogens is 4. The Bertz CT molecular complexity index is 1370. The number of fused-ring (bicyclic) bond motifs is 4. The number of aromatic hydroxyl groups is 1. The Balaban J connectivity index is 1.71. The van der Waals surface area contributed by atoms with Gasteiger partial charge < -0.3 is 14.9 Å². The smallest absolute Gasteiger partial charge is 0.305 e. The molecule has 0 spiro atoms. The molecule has 1 aromatic carbocycles. The van der Waals surface area contributed by atoms with Crippen molar-refractivity contribution in [2.45, 2.75) is 34.9 Å². The minimum absolute atomic E-state index is 0.0808. The molecule has 1 saturated carbocycles. The van der Waals surface area contributed by atoms with Crippen molar-refractivity contribution in [2.75, 3.05) is 19.1 Å². The molecular weight excluding hydrogens is 687 g/mol. The number of alkyl halides is 3. The standard InChI is InChI=1S/C25H22Br2Cl2N2O8/c1-39-15-7-10(27)6-13(19(15)34)18-11-2-3-12-17(21(36)30(20(12)35)5-4-16(32)33)14(11)8-24(28)22(37)31(9-26)23(38)25(18,24)29/h2,6-7,12,14,17-18,34H,3-5,8-9H2,1H3,(H,32,33). The topological polar surface area (TPSA) is 142 Å². The van der Waals surface area contributed by atoms with Gasteiger partial charge in [-0.05, 0) is 30.9 Å². The zero-order valence-corrected chi connectivity index (χ0v) is 25.0. The minimum Gasteiger partial charge on any atom is -0.504 e. The molecule has 1 aromatic rings. The van der Waals surface area contributed by atoms with Crippen molar-refractivity contribution in [1.82, 2.24) is 9.80 Å². The number of phenols is 1. The fourth-order valence-electron chi connectivity index (χ4n) is 6.56. The molecule has 14 heteroatoms. The number of nitrogens with zero attached hydrogens (tertiary/aromatic N) is 2. The lowest BCUT2D eigenvalue weighted by Gasteiger charge is -2.50. The summed E-state index contributed by atoms with van der Waals surface area (Å²) in [5.41, 5.74) is 0.481. The molecule has 0 bridgehead atoms. The van der Waals surface area contributed by atoms with Crippen LogP contribution in [-0.2, 0) is 24.0 Å². The van der Waals surface area contributed by atoms with Crippen molar-refractivity contribution in [3.8, 4) is 11.5 Å². The van der Waals surface area contributed by atoms with Gasteiger partial charge in [0.1, 0.15) is 0 Å². The number of phenolic OH excluding ortho intramolecular Hbond substituents is 1. The van der Waals surface area contributed by atoms with Gasteiger partial charge in [0, 0.05) is 22.5 Å². The van der Waals surface area contributed by atoms with Crippen molar-refractivity contribution in [2.24, 2.45) is 17.8 Å². The number of imide groups is 2. The number of likely N-dealkylation sites (tertiary alicyclic amines) is 2. The average Bonchev–Trinajstić information content (AvgIpc) is 3.21. The van der Waals surface area contributed by atoms with Gasteiger partial charge in [0.15, 0.2) is 21.2 Å². The number of hydrogen-bond acceptors (Lipinski definition) is 7. The molecule has 2 saturated heterocycles. The van der Waals surface area contributed by atoms with Crippen LogP contribution in [0.2, 0.25) is 0 Å². The lowest BCUT2D eigenvalue weighted by Crippen LogP contribution is -2.60. The van der Waals surface area contributed by atoms with Crippen LogP contribution in [-0.4, -0.2) is 78.5 Å². The largest absolute Gasteiger partial charge is 0.504 e. The summed E-state index contributed by atoms with van der Waals surface area (Å²) in [6, 6.07) is 3.07. The van der Waals surface area contributed by atoms with Crippen LogP contribution in [0.15, 0.2) is 28.3 Å². The number of carboxylic acids is 1. The molecule has 2 heterocycles. The van der Waals surface area contributed by atoms with Crippen molar-refractivity contribution in [3.63, 3.8) is 0 Å². The summed E-state index contributed by atoms with van der Waals surface area (Å²) in [6.07, 6.45) is 1.23. The van der Waals surface area contributed by atoms with Crippen LogP contribution >= 0.6 is 55.1 Å². The number of benzene rings is 1. The number of carbonyl (C=O) groups is 5. The monoisotopic (exact) mass is 706 g/mol. The Morgan fingerprint density at radius 3 is 2.44 bits per heavy atom. The second-order valence-electron chi connectivity index (χ2n) is 10.0. The van der Waals surface area contributed by atoms with E-state index in [1.54, 1.807) is 12.1 Å². The van der Waals surface area contributed by atoms with E-state index in [4.69, 9.17) is 33.0 Å². The third-order valence-electron chi connectivity index (χ3n) is 8.26. The molecule has 39 heavy (non-hydrogen) atoms. The number of carboxylic acid groups (broad SMARTS) is 1. The number of carbonyl (C=O) groups excluding carboxylic acids is 4. The number of methoxy groups -OCH3 is 1. The molecule has 2 N–H and O–H groups in total. The maximum Gasteiger partial charge on any atom is 0.305 e. The first-order valence-corrected chi connectivity index (χ1v) is 14.6. The van der Waals surface area contributed by atoms with Gasteiger partial charge in [0.2, 0.25) is 11.8 Å². The van der Waals surface area contributed by atoms with E-state index in [1.807, 2.05) is 0 Å². The SMILES string of the molecule is COc1cc(Br)cc(C2C3=CCC4C(=O)N(CCC(=O)O)C(=O)C4C3CC3(Cl)C(=O)N(CBr)C(=O)C23Cl)c1O. The zero-order chi connectivity index (χ0) is 28.6.